The molecule has 0 aliphatic heterocycles. The molecule has 0 radical (unpaired) electrons. The van der Waals surface area contributed by atoms with E-state index in [1.807, 2.05) is 36.0 Å². The molecule has 4 aromatic rings. The Bertz CT molecular complexity index is 1830. The van der Waals surface area contributed by atoms with Crippen LogP contribution in [0.15, 0.2) is 71.8 Å². The van der Waals surface area contributed by atoms with Crippen molar-refractivity contribution in [2.45, 2.75) is 50.0 Å². The van der Waals surface area contributed by atoms with E-state index in [2.05, 4.69) is 10.0 Å². The lowest BCUT2D eigenvalue weighted by molar-refractivity contribution is 0.0755. The first kappa shape index (κ1) is 28.8. The molecule has 0 saturated heterocycles. The van der Waals surface area contributed by atoms with Crippen LogP contribution in [0.3, 0.4) is 0 Å². The molecule has 224 valence electrons. The smallest absolute Gasteiger partial charge is 0.411 e. The summed E-state index contributed by atoms with van der Waals surface area (Å²) in [6.45, 7) is 1.67. The van der Waals surface area contributed by atoms with Gasteiger partial charge in [-0.2, -0.15) is 0 Å². The predicted octanol–water partition coefficient (Wildman–Crippen LogP) is 5.94. The summed E-state index contributed by atoms with van der Waals surface area (Å²) >= 11 is 0. The number of anilines is 1. The van der Waals surface area contributed by atoms with Gasteiger partial charge in [0.2, 0.25) is 0 Å². The molecule has 2 N–H and O–H groups in total. The first-order chi connectivity index (χ1) is 20.6. The summed E-state index contributed by atoms with van der Waals surface area (Å²) < 4.78 is 41.2. The fourth-order valence-corrected chi connectivity index (χ4v) is 7.86. The first-order valence-electron chi connectivity index (χ1n) is 14.5. The number of nitrogens with one attached hydrogen (secondary N) is 2. The average Bonchev–Trinajstić information content (AvgIpc) is 3.68. The molecule has 3 atom stereocenters. The zero-order valence-corrected chi connectivity index (χ0v) is 25.2. The highest BCUT2D eigenvalue weighted by atomic mass is 32.2. The number of hydrogen-bond acceptors (Lipinski definition) is 6. The van der Waals surface area contributed by atoms with Gasteiger partial charge in [-0.05, 0) is 97.5 Å². The molecule has 0 spiro atoms. The van der Waals surface area contributed by atoms with Crippen molar-refractivity contribution in [2.24, 2.45) is 18.9 Å². The van der Waals surface area contributed by atoms with Crippen LogP contribution in [-0.2, 0) is 28.2 Å². The summed E-state index contributed by atoms with van der Waals surface area (Å²) in [6, 6.07) is 17.2. The van der Waals surface area contributed by atoms with E-state index in [1.165, 1.54) is 26.0 Å². The molecule has 3 aromatic carbocycles. The zero-order valence-electron chi connectivity index (χ0n) is 24.4. The number of carbonyl (C=O) groups excluding carboxylic acids is 2. The molecule has 2 unspecified atom stereocenters. The summed E-state index contributed by atoms with van der Waals surface area (Å²) in [5.74, 6) is 0.898. The minimum atomic E-state index is -4.04. The van der Waals surface area contributed by atoms with E-state index < -0.39 is 22.0 Å². The standard InChI is InChI=1S/C33H35N3O6S/c1-20-6-4-5-7-31(20)43(39,40)35-32(37)24-11-10-23(29(17-24)41-3)16-25-19-36(2)28-13-12-26(18-27(25)28)34-33(38)42-30-15-21-8-9-22(30)14-21/h4-7,10-13,17-19,21-22,30H,8-9,14-16H2,1-3H3,(H,34,38)(H,35,37)/t21?,22?,30-/m0/s1. The summed E-state index contributed by atoms with van der Waals surface area (Å²) in [5.41, 5.74) is 4.18. The van der Waals surface area contributed by atoms with Crippen molar-refractivity contribution in [2.75, 3.05) is 12.4 Å². The molecule has 1 heterocycles. The number of ether oxygens (including phenoxy) is 2. The number of rotatable bonds is 8. The van der Waals surface area contributed by atoms with Gasteiger partial charge in [0.25, 0.3) is 15.9 Å². The van der Waals surface area contributed by atoms with E-state index in [0.29, 0.717) is 35.3 Å². The SMILES string of the molecule is COc1cc(C(=O)NS(=O)(=O)c2ccccc2C)ccc1Cc1cn(C)c2ccc(NC(=O)O[C@H]3CC4CCC3C4)cc12. The normalized spacial score (nSPS) is 19.4. The molecule has 9 nitrogen and oxygen atoms in total. The van der Waals surface area contributed by atoms with Crippen LogP contribution in [0.5, 0.6) is 5.75 Å². The number of hydrogen-bond donors (Lipinski definition) is 2. The highest BCUT2D eigenvalue weighted by Gasteiger charge is 2.41. The molecule has 2 fully saturated rings. The van der Waals surface area contributed by atoms with Crippen molar-refractivity contribution >= 4 is 38.6 Å². The van der Waals surface area contributed by atoms with E-state index in [9.17, 15) is 18.0 Å². The number of aromatic nitrogens is 1. The van der Waals surface area contributed by atoms with Gasteiger partial charge in [-0.1, -0.05) is 24.3 Å². The second kappa shape index (κ2) is 11.4. The van der Waals surface area contributed by atoms with Gasteiger partial charge in [0.05, 0.1) is 12.0 Å². The number of benzene rings is 3. The van der Waals surface area contributed by atoms with Crippen LogP contribution in [0.25, 0.3) is 10.9 Å². The molecule has 2 amide bonds. The molecule has 6 rings (SSSR count). The lowest BCUT2D eigenvalue weighted by Gasteiger charge is -2.22. The van der Waals surface area contributed by atoms with E-state index in [4.69, 9.17) is 9.47 Å². The topological polar surface area (TPSA) is 116 Å². The third-order valence-electron chi connectivity index (χ3n) is 8.79. The summed E-state index contributed by atoms with van der Waals surface area (Å²) in [4.78, 5) is 25.7. The maximum absolute atomic E-state index is 12.9. The van der Waals surface area contributed by atoms with Crippen molar-refractivity contribution in [3.05, 3.63) is 89.1 Å². The zero-order chi connectivity index (χ0) is 30.3. The van der Waals surface area contributed by atoms with Gasteiger partial charge in [-0.3, -0.25) is 10.1 Å². The minimum Gasteiger partial charge on any atom is -0.496 e. The van der Waals surface area contributed by atoms with E-state index in [1.54, 1.807) is 43.3 Å². The molecule has 2 aliphatic rings. The molecule has 10 heteroatoms. The third-order valence-corrected chi connectivity index (χ3v) is 10.3. The molecule has 43 heavy (non-hydrogen) atoms. The number of carbonyl (C=O) groups is 2. The summed E-state index contributed by atoms with van der Waals surface area (Å²) in [5, 5.41) is 3.87. The molecule has 1 aromatic heterocycles. The Morgan fingerprint density at radius 2 is 1.81 bits per heavy atom. The van der Waals surface area contributed by atoms with Crippen LogP contribution < -0.4 is 14.8 Å². The minimum absolute atomic E-state index is 0.00912. The number of nitrogens with zero attached hydrogens (tertiary/aromatic N) is 1. The van der Waals surface area contributed by atoms with Gasteiger partial charge < -0.3 is 14.0 Å². The van der Waals surface area contributed by atoms with Crippen molar-refractivity contribution in [3.8, 4) is 5.75 Å². The summed E-state index contributed by atoms with van der Waals surface area (Å²) in [6.07, 6.45) is 6.62. The molecular weight excluding hydrogens is 566 g/mol. The number of aryl methyl sites for hydroxylation is 2. The predicted molar refractivity (Wildman–Crippen MR) is 164 cm³/mol. The lowest BCUT2D eigenvalue weighted by Crippen LogP contribution is -2.31. The Balaban J connectivity index is 1.19. The Labute approximate surface area is 251 Å². The van der Waals surface area contributed by atoms with E-state index >= 15 is 0 Å². The summed E-state index contributed by atoms with van der Waals surface area (Å²) in [7, 11) is -0.571. The van der Waals surface area contributed by atoms with E-state index in [0.717, 1.165) is 34.9 Å². The second-order valence-electron chi connectivity index (χ2n) is 11.6. The first-order valence-corrected chi connectivity index (χ1v) is 15.9. The van der Waals surface area contributed by atoms with Crippen molar-refractivity contribution in [3.63, 3.8) is 0 Å². The number of fused-ring (bicyclic) bond motifs is 3. The molecular formula is C33H35N3O6S. The Hall–Kier alpha value is -4.31. The Morgan fingerprint density at radius 1 is 1.00 bits per heavy atom. The van der Waals surface area contributed by atoms with Crippen LogP contribution in [0.2, 0.25) is 0 Å². The third kappa shape index (κ3) is 5.84. The van der Waals surface area contributed by atoms with Gasteiger partial charge in [-0.25, -0.2) is 17.9 Å². The quantitative estimate of drug-likeness (QED) is 0.258. The maximum atomic E-state index is 12.9. The van der Waals surface area contributed by atoms with Crippen molar-refractivity contribution in [1.29, 1.82) is 0 Å². The Kier molecular flexibility index (Phi) is 7.64. The maximum Gasteiger partial charge on any atom is 0.411 e. The number of amides is 2. The van der Waals surface area contributed by atoms with Gasteiger partial charge in [0.15, 0.2) is 0 Å². The highest BCUT2D eigenvalue weighted by Crippen LogP contribution is 2.46. The van der Waals surface area contributed by atoms with Crippen LogP contribution in [0, 0.1) is 18.8 Å². The van der Waals surface area contributed by atoms with Gasteiger partial charge >= 0.3 is 6.09 Å². The van der Waals surface area contributed by atoms with Gasteiger partial charge in [-0.15, -0.1) is 0 Å². The second-order valence-corrected chi connectivity index (χ2v) is 13.3. The van der Waals surface area contributed by atoms with Gasteiger partial charge in [0.1, 0.15) is 11.9 Å². The van der Waals surface area contributed by atoms with Crippen LogP contribution in [-0.4, -0.2) is 38.2 Å². The van der Waals surface area contributed by atoms with Crippen LogP contribution in [0.4, 0.5) is 10.5 Å². The van der Waals surface area contributed by atoms with Crippen LogP contribution in [0.1, 0.15) is 52.7 Å². The lowest BCUT2D eigenvalue weighted by atomic mass is 9.98. The largest absolute Gasteiger partial charge is 0.496 e. The molecule has 2 aliphatic carbocycles. The van der Waals surface area contributed by atoms with Crippen molar-refractivity contribution in [1.82, 2.24) is 9.29 Å². The average molecular weight is 602 g/mol. The molecule has 2 bridgehead atoms. The monoisotopic (exact) mass is 601 g/mol. The highest BCUT2D eigenvalue weighted by molar-refractivity contribution is 7.90. The van der Waals surface area contributed by atoms with E-state index in [-0.39, 0.29) is 16.6 Å². The van der Waals surface area contributed by atoms with Crippen LogP contribution >= 0.6 is 0 Å². The fourth-order valence-electron chi connectivity index (χ4n) is 6.64. The Morgan fingerprint density at radius 3 is 2.53 bits per heavy atom. The van der Waals surface area contributed by atoms with Crippen molar-refractivity contribution < 1.29 is 27.5 Å². The molecule has 2 saturated carbocycles. The van der Waals surface area contributed by atoms with Gasteiger partial charge in [0, 0.05) is 41.8 Å². The number of sulfonamides is 1. The number of methoxy groups -OCH3 is 1. The fraction of sp³-hybridized carbons (Fsp3) is 0.333.